The summed E-state index contributed by atoms with van der Waals surface area (Å²) < 4.78 is 25.7. The second-order valence-corrected chi connectivity index (χ2v) is 10.6. The van der Waals surface area contributed by atoms with Crippen LogP contribution in [0, 0.1) is 11.7 Å². The van der Waals surface area contributed by atoms with E-state index in [4.69, 9.17) is 9.47 Å². The standard InChI is InChI=1S/C24H34FN3O5/c1-23(2,3)33-22(31)28(12-16-6-4-7-16)17-8-5-9-27(13-17)18-10-19(25)20(26-11-18)24(21(29)30)14-32-15-24/h10-11,16-17H,4-9,12-15H2,1-3H3,(H,29,30)/t17-/m1/s1. The molecule has 2 saturated heterocycles. The molecular weight excluding hydrogens is 429 g/mol. The minimum Gasteiger partial charge on any atom is -0.480 e. The van der Waals surface area contributed by atoms with Gasteiger partial charge in [0.1, 0.15) is 11.4 Å². The first-order valence-corrected chi connectivity index (χ1v) is 11.8. The van der Waals surface area contributed by atoms with Crippen molar-refractivity contribution in [1.82, 2.24) is 9.88 Å². The maximum atomic E-state index is 15.0. The third-order valence-corrected chi connectivity index (χ3v) is 6.90. The van der Waals surface area contributed by atoms with Crippen LogP contribution in [0.4, 0.5) is 14.9 Å². The van der Waals surface area contributed by atoms with Gasteiger partial charge in [0, 0.05) is 25.7 Å². The van der Waals surface area contributed by atoms with Crippen molar-refractivity contribution in [2.24, 2.45) is 5.92 Å². The Kier molecular flexibility index (Phi) is 6.53. The van der Waals surface area contributed by atoms with Gasteiger partial charge in [-0.25, -0.2) is 9.18 Å². The fraction of sp³-hybridized carbons (Fsp3) is 0.708. The normalized spacial score (nSPS) is 22.8. The summed E-state index contributed by atoms with van der Waals surface area (Å²) in [7, 11) is 0. The summed E-state index contributed by atoms with van der Waals surface area (Å²) in [6.07, 6.45) is 6.40. The van der Waals surface area contributed by atoms with Crippen molar-refractivity contribution in [2.45, 2.75) is 69.9 Å². The second kappa shape index (κ2) is 9.08. The summed E-state index contributed by atoms with van der Waals surface area (Å²) >= 11 is 0. The highest BCUT2D eigenvalue weighted by molar-refractivity contribution is 5.82. The quantitative estimate of drug-likeness (QED) is 0.689. The number of halogens is 1. The van der Waals surface area contributed by atoms with E-state index in [0.29, 0.717) is 24.7 Å². The molecule has 0 radical (unpaired) electrons. The van der Waals surface area contributed by atoms with Gasteiger partial charge in [0.05, 0.1) is 36.8 Å². The van der Waals surface area contributed by atoms with Crippen LogP contribution in [0.15, 0.2) is 12.3 Å². The molecule has 1 atom stereocenters. The number of anilines is 1. The van der Waals surface area contributed by atoms with Crippen LogP contribution >= 0.6 is 0 Å². The number of hydrogen-bond acceptors (Lipinski definition) is 6. The molecule has 182 valence electrons. The molecule has 1 N–H and O–H groups in total. The number of carboxylic acid groups (broad SMARTS) is 1. The predicted octanol–water partition coefficient (Wildman–Crippen LogP) is 3.58. The number of nitrogens with zero attached hydrogens (tertiary/aromatic N) is 3. The monoisotopic (exact) mass is 463 g/mol. The molecule has 9 heteroatoms. The number of amides is 1. The van der Waals surface area contributed by atoms with Gasteiger partial charge < -0.3 is 24.4 Å². The van der Waals surface area contributed by atoms with E-state index in [9.17, 15) is 19.1 Å². The van der Waals surface area contributed by atoms with Gasteiger partial charge in [-0.3, -0.25) is 9.78 Å². The average molecular weight is 464 g/mol. The predicted molar refractivity (Wildman–Crippen MR) is 120 cm³/mol. The van der Waals surface area contributed by atoms with Crippen molar-refractivity contribution in [3.05, 3.63) is 23.8 Å². The van der Waals surface area contributed by atoms with Crippen molar-refractivity contribution in [1.29, 1.82) is 0 Å². The second-order valence-electron chi connectivity index (χ2n) is 10.6. The number of piperidine rings is 1. The first-order chi connectivity index (χ1) is 15.6. The minimum atomic E-state index is -1.41. The van der Waals surface area contributed by atoms with Gasteiger partial charge >= 0.3 is 12.1 Å². The number of hydrogen-bond donors (Lipinski definition) is 1. The zero-order chi connectivity index (χ0) is 23.8. The maximum absolute atomic E-state index is 15.0. The number of carbonyl (C=O) groups is 2. The first-order valence-electron chi connectivity index (χ1n) is 11.8. The number of pyridine rings is 1. The van der Waals surface area contributed by atoms with Crippen LogP contribution in [-0.4, -0.2) is 71.5 Å². The Morgan fingerprint density at radius 3 is 2.55 bits per heavy atom. The van der Waals surface area contributed by atoms with Crippen LogP contribution < -0.4 is 4.90 Å². The molecule has 2 aliphatic heterocycles. The molecule has 1 saturated carbocycles. The molecule has 33 heavy (non-hydrogen) atoms. The lowest BCUT2D eigenvalue weighted by Gasteiger charge is -2.43. The molecule has 8 nitrogen and oxygen atoms in total. The molecule has 1 aromatic rings. The number of ether oxygens (including phenoxy) is 2. The van der Waals surface area contributed by atoms with Crippen molar-refractivity contribution >= 4 is 17.7 Å². The molecule has 3 fully saturated rings. The van der Waals surface area contributed by atoms with Crippen molar-refractivity contribution in [2.75, 3.05) is 37.7 Å². The van der Waals surface area contributed by atoms with Crippen molar-refractivity contribution < 1.29 is 28.6 Å². The SMILES string of the molecule is CC(C)(C)OC(=O)N(CC1CCC1)[C@@H]1CCCN(c2cnc(C3(C(=O)O)COC3)c(F)c2)C1. The summed E-state index contributed by atoms with van der Waals surface area (Å²) in [6, 6.07) is 1.32. The maximum Gasteiger partial charge on any atom is 0.410 e. The van der Waals surface area contributed by atoms with Gasteiger partial charge in [0.15, 0.2) is 5.41 Å². The summed E-state index contributed by atoms with van der Waals surface area (Å²) in [5, 5.41) is 9.56. The fourth-order valence-corrected chi connectivity index (χ4v) is 4.71. The number of aromatic nitrogens is 1. The number of aliphatic carboxylic acids is 1. The van der Waals surface area contributed by atoms with Gasteiger partial charge in [0.2, 0.25) is 0 Å². The van der Waals surface area contributed by atoms with E-state index in [1.54, 1.807) is 0 Å². The van der Waals surface area contributed by atoms with Gasteiger partial charge in [-0.1, -0.05) is 6.42 Å². The van der Waals surface area contributed by atoms with E-state index in [-0.39, 0.29) is 31.0 Å². The molecule has 0 spiro atoms. The van der Waals surface area contributed by atoms with E-state index < -0.39 is 22.8 Å². The van der Waals surface area contributed by atoms with Crippen LogP contribution in [0.5, 0.6) is 0 Å². The molecule has 1 aromatic heterocycles. The zero-order valence-electron chi connectivity index (χ0n) is 19.7. The van der Waals surface area contributed by atoms with Crippen LogP contribution in [-0.2, 0) is 19.7 Å². The summed E-state index contributed by atoms with van der Waals surface area (Å²) in [5.41, 5.74) is -1.48. The van der Waals surface area contributed by atoms with E-state index in [1.165, 1.54) is 18.7 Å². The van der Waals surface area contributed by atoms with Gasteiger partial charge in [-0.15, -0.1) is 0 Å². The Bertz CT molecular complexity index is 895. The van der Waals surface area contributed by atoms with E-state index >= 15 is 0 Å². The average Bonchev–Trinajstić information content (AvgIpc) is 2.66. The molecule has 0 unspecified atom stereocenters. The first kappa shape index (κ1) is 23.7. The molecule has 0 bridgehead atoms. The smallest absolute Gasteiger partial charge is 0.410 e. The van der Waals surface area contributed by atoms with Crippen LogP contribution in [0.2, 0.25) is 0 Å². The van der Waals surface area contributed by atoms with Gasteiger partial charge in [-0.2, -0.15) is 0 Å². The highest BCUT2D eigenvalue weighted by Gasteiger charge is 2.51. The largest absolute Gasteiger partial charge is 0.480 e. The summed E-state index contributed by atoms with van der Waals surface area (Å²) in [4.78, 5) is 32.8. The summed E-state index contributed by atoms with van der Waals surface area (Å²) in [6.45, 7) is 7.40. The molecule has 3 heterocycles. The van der Waals surface area contributed by atoms with Crippen LogP contribution in [0.25, 0.3) is 0 Å². The molecule has 1 aliphatic carbocycles. The Labute approximate surface area is 194 Å². The Hall–Kier alpha value is -2.42. The van der Waals surface area contributed by atoms with Crippen molar-refractivity contribution in [3.8, 4) is 0 Å². The minimum absolute atomic E-state index is 0.0395. The van der Waals surface area contributed by atoms with Crippen LogP contribution in [0.1, 0.15) is 58.6 Å². The topological polar surface area (TPSA) is 92.2 Å². The Morgan fingerprint density at radius 1 is 1.30 bits per heavy atom. The third kappa shape index (κ3) is 4.93. The highest BCUT2D eigenvalue weighted by Crippen LogP contribution is 2.35. The Balaban J connectivity index is 1.51. The van der Waals surface area contributed by atoms with Gasteiger partial charge in [-0.05, 0) is 52.4 Å². The van der Waals surface area contributed by atoms with Crippen LogP contribution in [0.3, 0.4) is 0 Å². The summed E-state index contributed by atoms with van der Waals surface area (Å²) in [5.74, 6) is -1.27. The molecule has 3 aliphatic rings. The Morgan fingerprint density at radius 2 is 2.03 bits per heavy atom. The number of carbonyl (C=O) groups excluding carboxylic acids is 1. The lowest BCUT2D eigenvalue weighted by molar-refractivity contribution is -0.163. The third-order valence-electron chi connectivity index (χ3n) is 6.90. The zero-order valence-corrected chi connectivity index (χ0v) is 19.7. The van der Waals surface area contributed by atoms with Crippen molar-refractivity contribution in [3.63, 3.8) is 0 Å². The number of rotatable bonds is 6. The lowest BCUT2D eigenvalue weighted by Crippen LogP contribution is -2.54. The molecular formula is C24H34FN3O5. The fourth-order valence-electron chi connectivity index (χ4n) is 4.71. The van der Waals surface area contributed by atoms with E-state index in [2.05, 4.69) is 4.98 Å². The highest BCUT2D eigenvalue weighted by atomic mass is 19.1. The number of carboxylic acids is 1. The molecule has 0 aromatic carbocycles. The molecule has 4 rings (SSSR count). The lowest BCUT2D eigenvalue weighted by atomic mass is 9.82. The van der Waals surface area contributed by atoms with Gasteiger partial charge in [0.25, 0.3) is 0 Å². The van der Waals surface area contributed by atoms with E-state index in [0.717, 1.165) is 32.2 Å². The molecule has 1 amide bonds. The van der Waals surface area contributed by atoms with E-state index in [1.807, 2.05) is 30.6 Å².